The Morgan fingerprint density at radius 3 is 2.31 bits per heavy atom. The van der Waals surface area contributed by atoms with Crippen LogP contribution in [0.15, 0.2) is 24.5 Å². The number of hydrogen-bond acceptors (Lipinski definition) is 8. The number of anilines is 2. The van der Waals surface area contributed by atoms with Crippen molar-refractivity contribution in [3.05, 3.63) is 47.4 Å². The van der Waals surface area contributed by atoms with E-state index in [1.165, 1.54) is 26.6 Å². The maximum atomic E-state index is 14.4. The average molecular weight is 448 g/mol. The molecule has 0 unspecified atom stereocenters. The topological polar surface area (TPSA) is 126 Å². The van der Waals surface area contributed by atoms with E-state index in [1.807, 2.05) is 0 Å². The highest BCUT2D eigenvalue weighted by atomic mass is 19.1. The smallest absolute Gasteiger partial charge is 0.228 e. The number of amides is 1. The predicted octanol–water partition coefficient (Wildman–Crippen LogP) is 2.25. The van der Waals surface area contributed by atoms with Crippen molar-refractivity contribution in [3.63, 3.8) is 0 Å². The Morgan fingerprint density at radius 1 is 1.12 bits per heavy atom. The Morgan fingerprint density at radius 2 is 1.75 bits per heavy atom. The van der Waals surface area contributed by atoms with Gasteiger partial charge in [0.2, 0.25) is 11.9 Å². The first-order valence-corrected chi connectivity index (χ1v) is 9.44. The van der Waals surface area contributed by atoms with E-state index in [-0.39, 0.29) is 35.2 Å². The second-order valence-corrected chi connectivity index (χ2v) is 6.65. The normalized spacial score (nSPS) is 10.7. The third-order valence-corrected chi connectivity index (χ3v) is 4.52. The maximum absolute atomic E-state index is 14.4. The average Bonchev–Trinajstić information content (AvgIpc) is 3.12. The van der Waals surface area contributed by atoms with Crippen LogP contribution in [0.3, 0.4) is 0 Å². The molecule has 2 heterocycles. The summed E-state index contributed by atoms with van der Waals surface area (Å²) in [5, 5.41) is 7.19. The van der Waals surface area contributed by atoms with Crippen LogP contribution in [-0.2, 0) is 24.9 Å². The van der Waals surface area contributed by atoms with Gasteiger partial charge in [-0.25, -0.2) is 18.7 Å². The molecule has 2 aromatic heterocycles. The number of nitrogens with one attached hydrogen (secondary N) is 1. The first kappa shape index (κ1) is 22.7. The van der Waals surface area contributed by atoms with Gasteiger partial charge in [-0.3, -0.25) is 9.48 Å². The lowest BCUT2D eigenvalue weighted by molar-refractivity contribution is -0.118. The summed E-state index contributed by atoms with van der Waals surface area (Å²) in [6.45, 7) is -0.426. The molecule has 0 radical (unpaired) electrons. The highest BCUT2D eigenvalue weighted by Gasteiger charge is 2.20. The van der Waals surface area contributed by atoms with Crippen LogP contribution in [0.1, 0.15) is 17.7 Å². The van der Waals surface area contributed by atoms with E-state index >= 15 is 0 Å². The zero-order valence-electron chi connectivity index (χ0n) is 17.7. The minimum Gasteiger partial charge on any atom is -0.494 e. The number of methoxy groups -OCH3 is 2. The van der Waals surface area contributed by atoms with Crippen molar-refractivity contribution in [2.75, 3.05) is 19.5 Å². The number of hydrogen-bond donors (Lipinski definition) is 2. The molecule has 0 fully saturated rings. The Bertz CT molecular complexity index is 1080. The van der Waals surface area contributed by atoms with Gasteiger partial charge in [0.05, 0.1) is 32.2 Å². The molecule has 1 aromatic carbocycles. The molecule has 170 valence electrons. The number of ether oxygens (including phenoxy) is 3. The van der Waals surface area contributed by atoms with E-state index in [1.54, 1.807) is 17.8 Å². The number of carbonyl (C=O) groups excluding carboxylic acids is 1. The van der Waals surface area contributed by atoms with Crippen molar-refractivity contribution in [2.45, 2.75) is 19.4 Å². The summed E-state index contributed by atoms with van der Waals surface area (Å²) in [4.78, 5) is 19.2. The summed E-state index contributed by atoms with van der Waals surface area (Å²) < 4.78 is 45.7. The van der Waals surface area contributed by atoms with Gasteiger partial charge in [-0.2, -0.15) is 5.10 Å². The largest absolute Gasteiger partial charge is 0.494 e. The van der Waals surface area contributed by atoms with Gasteiger partial charge in [-0.1, -0.05) is 0 Å². The number of nitrogens with two attached hydrogens (primary N) is 1. The lowest BCUT2D eigenvalue weighted by Gasteiger charge is -2.13. The van der Waals surface area contributed by atoms with Crippen molar-refractivity contribution in [3.8, 4) is 17.2 Å². The van der Waals surface area contributed by atoms with Gasteiger partial charge in [0.1, 0.15) is 6.61 Å². The SMILES string of the molecule is COc1cc(OC)c(F)c(COc2cnc(Nc3cc(CCC(N)=O)n(C)n3)nc2)c1F. The molecular formula is C20H22F2N6O4. The number of primary amides is 1. The van der Waals surface area contributed by atoms with Crippen molar-refractivity contribution in [1.82, 2.24) is 19.7 Å². The summed E-state index contributed by atoms with van der Waals surface area (Å²) in [5.74, 6) is -1.58. The first-order chi connectivity index (χ1) is 15.3. The van der Waals surface area contributed by atoms with Crippen LogP contribution in [0, 0.1) is 11.6 Å². The number of carbonyl (C=O) groups is 1. The van der Waals surface area contributed by atoms with Crippen molar-refractivity contribution in [2.24, 2.45) is 12.8 Å². The molecule has 0 aliphatic rings. The molecule has 32 heavy (non-hydrogen) atoms. The standard InChI is InChI=1S/C20H22F2N6O4/c1-28-11(4-5-16(23)29)6-17(27-28)26-20-24-8-12(9-25-20)32-10-13-18(21)14(30-2)7-15(31-3)19(13)22/h6-9H,4-5,10H2,1-3H3,(H2,23,29)(H,24,25,26,27). The number of aromatic nitrogens is 4. The molecule has 1 amide bonds. The molecule has 10 nitrogen and oxygen atoms in total. The molecule has 0 saturated heterocycles. The van der Waals surface area contributed by atoms with Crippen LogP contribution >= 0.6 is 0 Å². The molecule has 0 aliphatic heterocycles. The molecule has 3 aromatic rings. The van der Waals surface area contributed by atoms with Gasteiger partial charge >= 0.3 is 0 Å². The van der Waals surface area contributed by atoms with Gasteiger partial charge < -0.3 is 25.3 Å². The maximum Gasteiger partial charge on any atom is 0.228 e. The van der Waals surface area contributed by atoms with Crippen LogP contribution in [0.2, 0.25) is 0 Å². The van der Waals surface area contributed by atoms with Crippen LogP contribution in [-0.4, -0.2) is 39.9 Å². The Balaban J connectivity index is 1.66. The number of halogens is 2. The Hall–Kier alpha value is -3.96. The molecule has 3 N–H and O–H groups in total. The summed E-state index contributed by atoms with van der Waals surface area (Å²) in [5.41, 5.74) is 5.63. The molecule has 3 rings (SSSR count). The lowest BCUT2D eigenvalue weighted by atomic mass is 10.1. The summed E-state index contributed by atoms with van der Waals surface area (Å²) in [6.07, 6.45) is 3.36. The van der Waals surface area contributed by atoms with Crippen LogP contribution in [0.5, 0.6) is 17.2 Å². The predicted molar refractivity (Wildman–Crippen MR) is 110 cm³/mol. The zero-order valence-corrected chi connectivity index (χ0v) is 17.7. The number of aryl methyl sites for hydroxylation is 2. The summed E-state index contributed by atoms with van der Waals surface area (Å²) in [7, 11) is 4.27. The fraction of sp³-hybridized carbons (Fsp3) is 0.300. The third-order valence-electron chi connectivity index (χ3n) is 4.52. The molecule has 0 spiro atoms. The van der Waals surface area contributed by atoms with E-state index < -0.39 is 24.1 Å². The van der Waals surface area contributed by atoms with E-state index in [2.05, 4.69) is 20.4 Å². The Kier molecular flexibility index (Phi) is 7.03. The van der Waals surface area contributed by atoms with Crippen LogP contribution in [0.25, 0.3) is 0 Å². The minimum absolute atomic E-state index is 0.164. The lowest BCUT2D eigenvalue weighted by Crippen LogP contribution is -2.12. The van der Waals surface area contributed by atoms with Gasteiger partial charge in [-0.05, 0) is 6.42 Å². The highest BCUT2D eigenvalue weighted by Crippen LogP contribution is 2.32. The molecule has 0 atom stereocenters. The second kappa shape index (κ2) is 9.90. The van der Waals surface area contributed by atoms with Crippen molar-refractivity contribution >= 4 is 17.7 Å². The Labute approximate surface area is 182 Å². The van der Waals surface area contributed by atoms with Crippen LogP contribution in [0.4, 0.5) is 20.5 Å². The van der Waals surface area contributed by atoms with Gasteiger partial charge in [0.25, 0.3) is 0 Å². The third kappa shape index (κ3) is 5.20. The van der Waals surface area contributed by atoms with E-state index in [0.29, 0.717) is 12.2 Å². The summed E-state index contributed by atoms with van der Waals surface area (Å²) in [6, 6.07) is 2.87. The second-order valence-electron chi connectivity index (χ2n) is 6.65. The highest BCUT2D eigenvalue weighted by molar-refractivity contribution is 5.74. The number of benzene rings is 1. The quantitative estimate of drug-likeness (QED) is 0.484. The summed E-state index contributed by atoms with van der Waals surface area (Å²) >= 11 is 0. The number of rotatable bonds is 10. The van der Waals surface area contributed by atoms with Gasteiger partial charge in [0.15, 0.2) is 34.7 Å². The van der Waals surface area contributed by atoms with Crippen molar-refractivity contribution < 1.29 is 27.8 Å². The molecule has 0 bridgehead atoms. The molecule has 0 aliphatic carbocycles. The van der Waals surface area contributed by atoms with E-state index in [4.69, 9.17) is 19.9 Å². The first-order valence-electron chi connectivity index (χ1n) is 9.44. The van der Waals surface area contributed by atoms with Gasteiger partial charge in [0, 0.05) is 31.3 Å². The fourth-order valence-electron chi connectivity index (χ4n) is 2.84. The van der Waals surface area contributed by atoms with Crippen LogP contribution < -0.4 is 25.3 Å². The molecule has 0 saturated carbocycles. The minimum atomic E-state index is -0.882. The molecule has 12 heteroatoms. The fourth-order valence-corrected chi connectivity index (χ4v) is 2.84. The van der Waals surface area contributed by atoms with Gasteiger partial charge in [-0.15, -0.1) is 0 Å². The van der Waals surface area contributed by atoms with Crippen molar-refractivity contribution in [1.29, 1.82) is 0 Å². The van der Waals surface area contributed by atoms with E-state index in [0.717, 1.165) is 11.8 Å². The number of nitrogens with zero attached hydrogens (tertiary/aromatic N) is 4. The zero-order chi connectivity index (χ0) is 23.3. The van der Waals surface area contributed by atoms with E-state index in [9.17, 15) is 13.6 Å². The monoisotopic (exact) mass is 448 g/mol. The molecular weight excluding hydrogens is 426 g/mol.